The van der Waals surface area contributed by atoms with Crippen molar-refractivity contribution < 1.29 is 23.8 Å². The van der Waals surface area contributed by atoms with E-state index in [1.807, 2.05) is 50.5 Å². The largest absolute Gasteiger partial charge is 0.487 e. The number of hydrogen-bond acceptors (Lipinski definition) is 6. The Labute approximate surface area is 214 Å². The minimum Gasteiger partial charge on any atom is -0.487 e. The summed E-state index contributed by atoms with van der Waals surface area (Å²) >= 11 is 0. The summed E-state index contributed by atoms with van der Waals surface area (Å²) in [6.07, 6.45) is 4.57. The van der Waals surface area contributed by atoms with Crippen LogP contribution in [-0.4, -0.2) is 68.6 Å². The second-order valence-electron chi connectivity index (χ2n) is 9.75. The van der Waals surface area contributed by atoms with Gasteiger partial charge in [0, 0.05) is 38.3 Å². The van der Waals surface area contributed by atoms with Gasteiger partial charge in [0.25, 0.3) is 0 Å². The van der Waals surface area contributed by atoms with Gasteiger partial charge in [-0.05, 0) is 65.8 Å². The monoisotopic (exact) mass is 507 g/mol. The number of amides is 2. The Balaban J connectivity index is 1.21. The van der Waals surface area contributed by atoms with Crippen LogP contribution in [-0.2, 0) is 16.6 Å². The molecule has 0 unspecified atom stereocenters. The normalized spacial score (nSPS) is 23.0. The van der Waals surface area contributed by atoms with Gasteiger partial charge in [0.2, 0.25) is 11.8 Å². The average Bonchev–Trinajstić information content (AvgIpc) is 3.59. The first-order chi connectivity index (χ1) is 17.8. The number of aromatic nitrogens is 3. The molecular formula is C27H30FN5O4. The van der Waals surface area contributed by atoms with E-state index in [4.69, 9.17) is 9.84 Å². The zero-order chi connectivity index (χ0) is 26.1. The lowest BCUT2D eigenvalue weighted by Crippen LogP contribution is -2.50. The molecule has 10 heteroatoms. The van der Waals surface area contributed by atoms with Gasteiger partial charge in [0.1, 0.15) is 24.3 Å². The predicted molar refractivity (Wildman–Crippen MR) is 135 cm³/mol. The van der Waals surface area contributed by atoms with Crippen molar-refractivity contribution in [3.05, 3.63) is 60.0 Å². The van der Waals surface area contributed by atoms with E-state index in [1.165, 1.54) is 4.90 Å². The first-order valence-corrected chi connectivity index (χ1v) is 12.4. The molecule has 0 spiro atoms. The van der Waals surface area contributed by atoms with E-state index in [2.05, 4.69) is 15.4 Å². The van der Waals surface area contributed by atoms with Crippen molar-refractivity contribution in [3.8, 4) is 16.9 Å². The Morgan fingerprint density at radius 2 is 2.05 bits per heavy atom. The van der Waals surface area contributed by atoms with Crippen LogP contribution in [0.4, 0.5) is 10.2 Å². The molecule has 1 aliphatic carbocycles. The zero-order valence-corrected chi connectivity index (χ0v) is 20.8. The van der Waals surface area contributed by atoms with Crippen molar-refractivity contribution >= 4 is 17.6 Å². The van der Waals surface area contributed by atoms with Gasteiger partial charge < -0.3 is 20.1 Å². The zero-order valence-electron chi connectivity index (χ0n) is 20.8. The van der Waals surface area contributed by atoms with E-state index in [0.717, 1.165) is 28.7 Å². The molecule has 1 saturated heterocycles. The number of pyridine rings is 1. The van der Waals surface area contributed by atoms with Crippen molar-refractivity contribution in [2.45, 2.75) is 38.0 Å². The highest BCUT2D eigenvalue weighted by Gasteiger charge is 2.44. The number of anilines is 1. The quantitative estimate of drug-likeness (QED) is 0.509. The van der Waals surface area contributed by atoms with Crippen molar-refractivity contribution in [1.82, 2.24) is 19.7 Å². The Bertz CT molecular complexity index is 1310. The Morgan fingerprint density at radius 3 is 2.76 bits per heavy atom. The fraction of sp³-hybridized carbons (Fsp3) is 0.407. The van der Waals surface area contributed by atoms with Crippen LogP contribution in [0.3, 0.4) is 0 Å². The summed E-state index contributed by atoms with van der Waals surface area (Å²) in [7, 11) is 1.86. The Kier molecular flexibility index (Phi) is 6.92. The number of aliphatic hydroxyl groups is 1. The van der Waals surface area contributed by atoms with E-state index < -0.39 is 24.8 Å². The van der Waals surface area contributed by atoms with E-state index in [9.17, 15) is 14.0 Å². The maximum atomic E-state index is 14.6. The topological polar surface area (TPSA) is 110 Å². The van der Waals surface area contributed by atoms with Crippen LogP contribution in [0, 0.1) is 12.8 Å². The maximum absolute atomic E-state index is 14.6. The molecular weight excluding hydrogens is 477 g/mol. The number of nitrogens with zero attached hydrogens (tertiary/aromatic N) is 4. The molecule has 1 aliphatic heterocycles. The first kappa shape index (κ1) is 24.9. The SMILES string of the molecule is Cc1cc(-c2ccnc(NC(=O)[C@@H]3C[C@H]3c3cnn(C)c3)c2)ccc1O[C@H]1CCN(C(=O)CO)C[C@H]1F. The third kappa shape index (κ3) is 5.48. The average molecular weight is 508 g/mol. The number of carbonyl (C=O) groups is 2. The van der Waals surface area contributed by atoms with Gasteiger partial charge in [-0.25, -0.2) is 9.37 Å². The number of hydrogen-bond donors (Lipinski definition) is 2. The molecule has 2 N–H and O–H groups in total. The third-order valence-electron chi connectivity index (χ3n) is 7.05. The number of likely N-dealkylation sites (tertiary alicyclic amines) is 1. The van der Waals surface area contributed by atoms with Crippen LogP contribution in [0.15, 0.2) is 48.9 Å². The highest BCUT2D eigenvalue weighted by Crippen LogP contribution is 2.47. The number of alkyl halides is 1. The van der Waals surface area contributed by atoms with Gasteiger partial charge in [-0.1, -0.05) is 6.07 Å². The standard InChI is InChI=1S/C27H30FN5O4/c1-16-9-17(3-4-23(16)37-24-6-8-33(14-22(24)28)26(35)15-34)18-5-7-29-25(10-18)31-27(36)21-11-20(21)19-12-30-32(2)13-19/h3-5,7,9-10,12-13,20-22,24,34H,6,8,11,14-15H2,1-2H3,(H,29,31,36)/t20-,21+,22+,24-/m0/s1. The summed E-state index contributed by atoms with van der Waals surface area (Å²) in [5, 5.41) is 16.1. The van der Waals surface area contributed by atoms with Gasteiger partial charge in [0.15, 0.2) is 6.17 Å². The molecule has 2 fully saturated rings. The molecule has 1 saturated carbocycles. The molecule has 1 aromatic carbocycles. The fourth-order valence-electron chi connectivity index (χ4n) is 4.85. The van der Waals surface area contributed by atoms with E-state index in [0.29, 0.717) is 24.5 Å². The molecule has 9 nitrogen and oxygen atoms in total. The van der Waals surface area contributed by atoms with Gasteiger partial charge in [-0.15, -0.1) is 0 Å². The molecule has 2 amide bonds. The summed E-state index contributed by atoms with van der Waals surface area (Å²) in [6.45, 7) is 1.53. The molecule has 4 atom stereocenters. The predicted octanol–water partition coefficient (Wildman–Crippen LogP) is 2.84. The number of halogens is 1. The number of piperidine rings is 1. The van der Waals surface area contributed by atoms with Crippen LogP contribution in [0.5, 0.6) is 5.75 Å². The smallest absolute Gasteiger partial charge is 0.248 e. The Morgan fingerprint density at radius 1 is 1.24 bits per heavy atom. The summed E-state index contributed by atoms with van der Waals surface area (Å²) in [5.41, 5.74) is 3.73. The first-order valence-electron chi connectivity index (χ1n) is 12.4. The van der Waals surface area contributed by atoms with E-state index in [1.54, 1.807) is 17.1 Å². The molecule has 0 bridgehead atoms. The Hall–Kier alpha value is -3.79. The number of aliphatic hydroxyl groups excluding tert-OH is 1. The summed E-state index contributed by atoms with van der Waals surface area (Å²) < 4.78 is 22.3. The molecule has 0 radical (unpaired) electrons. The lowest BCUT2D eigenvalue weighted by atomic mass is 10.0. The number of nitrogens with one attached hydrogen (secondary N) is 1. The third-order valence-corrected chi connectivity index (χ3v) is 7.05. The van der Waals surface area contributed by atoms with E-state index >= 15 is 0 Å². The van der Waals surface area contributed by atoms with Crippen molar-refractivity contribution in [1.29, 1.82) is 0 Å². The summed E-state index contributed by atoms with van der Waals surface area (Å²) in [6, 6.07) is 9.35. The molecule has 3 heterocycles. The minimum atomic E-state index is -1.33. The molecule has 37 heavy (non-hydrogen) atoms. The van der Waals surface area contributed by atoms with Gasteiger partial charge >= 0.3 is 0 Å². The number of ether oxygens (including phenoxy) is 1. The van der Waals surface area contributed by atoms with Crippen LogP contribution in [0.25, 0.3) is 11.1 Å². The van der Waals surface area contributed by atoms with Gasteiger partial charge in [-0.3, -0.25) is 14.3 Å². The van der Waals surface area contributed by atoms with Gasteiger partial charge in [-0.2, -0.15) is 5.10 Å². The van der Waals surface area contributed by atoms with E-state index in [-0.39, 0.29) is 24.3 Å². The van der Waals surface area contributed by atoms with Crippen LogP contribution < -0.4 is 10.1 Å². The van der Waals surface area contributed by atoms with Crippen molar-refractivity contribution in [2.24, 2.45) is 13.0 Å². The second kappa shape index (κ2) is 10.3. The van der Waals surface area contributed by atoms with Crippen LogP contribution in [0.2, 0.25) is 0 Å². The minimum absolute atomic E-state index is 0.0501. The number of aryl methyl sites for hydroxylation is 2. The van der Waals surface area contributed by atoms with Crippen LogP contribution >= 0.6 is 0 Å². The van der Waals surface area contributed by atoms with Crippen molar-refractivity contribution in [3.63, 3.8) is 0 Å². The molecule has 2 aliphatic rings. The highest BCUT2D eigenvalue weighted by atomic mass is 19.1. The van der Waals surface area contributed by atoms with Gasteiger partial charge in [0.05, 0.1) is 12.7 Å². The van der Waals surface area contributed by atoms with Crippen molar-refractivity contribution in [2.75, 3.05) is 25.0 Å². The fourth-order valence-corrected chi connectivity index (χ4v) is 4.85. The lowest BCUT2D eigenvalue weighted by molar-refractivity contribution is -0.138. The molecule has 3 aromatic rings. The molecule has 194 valence electrons. The summed E-state index contributed by atoms with van der Waals surface area (Å²) in [4.78, 5) is 30.0. The second-order valence-corrected chi connectivity index (χ2v) is 9.75. The number of benzene rings is 1. The number of rotatable bonds is 7. The lowest BCUT2D eigenvalue weighted by Gasteiger charge is -2.34. The van der Waals surface area contributed by atoms with Crippen LogP contribution in [0.1, 0.15) is 29.9 Å². The maximum Gasteiger partial charge on any atom is 0.248 e. The molecule has 5 rings (SSSR count). The molecule has 2 aromatic heterocycles. The highest BCUT2D eigenvalue weighted by molar-refractivity contribution is 5.95. The number of carbonyl (C=O) groups excluding carboxylic acids is 2. The summed E-state index contributed by atoms with van der Waals surface area (Å²) in [5.74, 6) is 0.656.